The highest BCUT2D eigenvalue weighted by Crippen LogP contribution is 2.22. The van der Waals surface area contributed by atoms with Gasteiger partial charge < -0.3 is 10.4 Å². The molecule has 3 N–H and O–H groups in total. The predicted octanol–water partition coefficient (Wildman–Crippen LogP) is 1.63. The molecule has 1 fully saturated rings. The summed E-state index contributed by atoms with van der Waals surface area (Å²) in [5, 5.41) is 14.7. The zero-order valence-electron chi connectivity index (χ0n) is 14.3. The van der Waals surface area contributed by atoms with E-state index in [2.05, 4.69) is 10.6 Å². The number of carbonyl (C=O) groups is 2. The van der Waals surface area contributed by atoms with Crippen molar-refractivity contribution in [2.75, 3.05) is 13.1 Å². The lowest BCUT2D eigenvalue weighted by molar-refractivity contribution is -0.122. The third-order valence-corrected chi connectivity index (χ3v) is 3.68. The first kappa shape index (κ1) is 18.9. The quantitative estimate of drug-likeness (QED) is 0.720. The smallest absolute Gasteiger partial charge is 0.321 e. The first-order valence-electron chi connectivity index (χ1n) is 8.21. The van der Waals surface area contributed by atoms with Crippen LogP contribution in [0, 0.1) is 0 Å². The van der Waals surface area contributed by atoms with E-state index in [1.165, 1.54) is 6.42 Å². The van der Waals surface area contributed by atoms with Crippen molar-refractivity contribution in [3.63, 3.8) is 0 Å². The van der Waals surface area contributed by atoms with Crippen LogP contribution in [0.2, 0.25) is 0 Å². The molecule has 6 heteroatoms. The largest absolute Gasteiger partial charge is 0.392 e. The number of hydrogen-bond acceptors (Lipinski definition) is 4. The van der Waals surface area contributed by atoms with Gasteiger partial charge in [-0.1, -0.05) is 19.3 Å². The van der Waals surface area contributed by atoms with E-state index in [-0.39, 0.29) is 18.0 Å². The number of hydrogen-bond donors (Lipinski definition) is 3. The van der Waals surface area contributed by atoms with Crippen LogP contribution in [0.25, 0.3) is 0 Å². The lowest BCUT2D eigenvalue weighted by atomic mass is 9.94. The first-order chi connectivity index (χ1) is 10.2. The minimum absolute atomic E-state index is 0.146. The molecule has 22 heavy (non-hydrogen) atoms. The zero-order chi connectivity index (χ0) is 16.8. The maximum Gasteiger partial charge on any atom is 0.321 e. The molecule has 0 aromatic heterocycles. The third-order valence-electron chi connectivity index (χ3n) is 3.68. The summed E-state index contributed by atoms with van der Waals surface area (Å²) in [7, 11) is 0. The topological polar surface area (TPSA) is 81.7 Å². The van der Waals surface area contributed by atoms with E-state index in [4.69, 9.17) is 0 Å². The second-order valence-corrected chi connectivity index (χ2v) is 7.32. The molecule has 0 radical (unpaired) electrons. The number of urea groups is 1. The highest BCUT2D eigenvalue weighted by molar-refractivity contribution is 5.95. The van der Waals surface area contributed by atoms with Gasteiger partial charge in [0.1, 0.15) is 0 Å². The fourth-order valence-corrected chi connectivity index (χ4v) is 2.85. The van der Waals surface area contributed by atoms with E-state index in [1.54, 1.807) is 6.92 Å². The highest BCUT2D eigenvalue weighted by Gasteiger charge is 2.25. The first-order valence-corrected chi connectivity index (χ1v) is 8.21. The number of aliphatic hydroxyl groups excluding tert-OH is 1. The van der Waals surface area contributed by atoms with E-state index in [0.29, 0.717) is 12.6 Å². The fourth-order valence-electron chi connectivity index (χ4n) is 2.85. The summed E-state index contributed by atoms with van der Waals surface area (Å²) in [6, 6.07) is -0.155. The Morgan fingerprint density at radius 1 is 1.23 bits per heavy atom. The molecule has 128 valence electrons. The molecular weight excluding hydrogens is 282 g/mol. The number of amides is 3. The van der Waals surface area contributed by atoms with Crippen molar-refractivity contribution in [3.8, 4) is 0 Å². The molecule has 1 unspecified atom stereocenters. The lowest BCUT2D eigenvalue weighted by Gasteiger charge is -2.34. The maximum atomic E-state index is 12.1. The molecule has 3 amide bonds. The lowest BCUT2D eigenvalue weighted by Crippen LogP contribution is -2.52. The Morgan fingerprint density at radius 2 is 1.82 bits per heavy atom. The van der Waals surface area contributed by atoms with Gasteiger partial charge in [-0.2, -0.15) is 0 Å². The third kappa shape index (κ3) is 7.75. The highest BCUT2D eigenvalue weighted by atomic mass is 16.3. The van der Waals surface area contributed by atoms with Crippen molar-refractivity contribution in [3.05, 3.63) is 0 Å². The van der Waals surface area contributed by atoms with E-state index < -0.39 is 12.1 Å². The Morgan fingerprint density at radius 3 is 2.32 bits per heavy atom. The summed E-state index contributed by atoms with van der Waals surface area (Å²) in [6.45, 7) is 7.91. The van der Waals surface area contributed by atoms with Crippen molar-refractivity contribution >= 4 is 11.9 Å². The van der Waals surface area contributed by atoms with Gasteiger partial charge in [0, 0.05) is 18.1 Å². The van der Waals surface area contributed by atoms with Gasteiger partial charge >= 0.3 is 6.03 Å². The Balaban J connectivity index is 2.53. The van der Waals surface area contributed by atoms with Crippen molar-refractivity contribution < 1.29 is 14.7 Å². The molecule has 1 rings (SSSR count). The van der Waals surface area contributed by atoms with Crippen molar-refractivity contribution in [1.29, 1.82) is 0 Å². The standard InChI is InChI=1S/C16H31N3O3/c1-12(20)10-19(13-8-6-5-7-9-13)11-14(21)17-15(22)18-16(2,3)4/h12-13,20H,5-11H2,1-4H3,(H2,17,18,21,22). The number of carbonyl (C=O) groups excluding carboxylic acids is 2. The molecule has 0 aliphatic heterocycles. The molecule has 0 aromatic carbocycles. The van der Waals surface area contributed by atoms with Crippen LogP contribution in [0.3, 0.4) is 0 Å². The van der Waals surface area contributed by atoms with Crippen molar-refractivity contribution in [2.24, 2.45) is 0 Å². The Bertz CT molecular complexity index is 371. The van der Waals surface area contributed by atoms with Crippen molar-refractivity contribution in [1.82, 2.24) is 15.5 Å². The Kier molecular flexibility index (Phi) is 7.29. The number of imide groups is 1. The van der Waals surface area contributed by atoms with Crippen LogP contribution in [-0.2, 0) is 4.79 Å². The second kappa shape index (κ2) is 8.48. The molecule has 0 saturated heterocycles. The average Bonchev–Trinajstić information content (AvgIpc) is 2.35. The second-order valence-electron chi connectivity index (χ2n) is 7.32. The normalized spacial score (nSPS) is 18.1. The summed E-state index contributed by atoms with van der Waals surface area (Å²) in [5.41, 5.74) is -0.382. The van der Waals surface area contributed by atoms with Crippen LogP contribution in [0.5, 0.6) is 0 Å². The predicted molar refractivity (Wildman–Crippen MR) is 86.6 cm³/mol. The molecule has 1 aliphatic carbocycles. The van der Waals surface area contributed by atoms with E-state index in [0.717, 1.165) is 25.7 Å². The summed E-state index contributed by atoms with van der Waals surface area (Å²) < 4.78 is 0. The van der Waals surface area contributed by atoms with E-state index >= 15 is 0 Å². The number of aliphatic hydroxyl groups is 1. The Labute approximate surface area is 133 Å². The average molecular weight is 313 g/mol. The summed E-state index contributed by atoms with van der Waals surface area (Å²) in [5.74, 6) is -0.326. The van der Waals surface area contributed by atoms with Gasteiger partial charge in [0.2, 0.25) is 5.91 Å². The van der Waals surface area contributed by atoms with Crippen LogP contribution in [-0.4, -0.2) is 52.7 Å². The number of nitrogens with one attached hydrogen (secondary N) is 2. The molecular formula is C16H31N3O3. The molecule has 6 nitrogen and oxygen atoms in total. The molecule has 0 bridgehead atoms. The Hall–Kier alpha value is -1.14. The van der Waals surface area contributed by atoms with E-state index in [1.807, 2.05) is 25.7 Å². The summed E-state index contributed by atoms with van der Waals surface area (Å²) in [6.07, 6.45) is 5.17. The fraction of sp³-hybridized carbons (Fsp3) is 0.875. The van der Waals surface area contributed by atoms with Crippen LogP contribution in [0.15, 0.2) is 0 Å². The van der Waals surface area contributed by atoms with Crippen LogP contribution in [0.4, 0.5) is 4.79 Å². The molecule has 0 spiro atoms. The monoisotopic (exact) mass is 313 g/mol. The maximum absolute atomic E-state index is 12.1. The van der Waals surface area contributed by atoms with Crippen LogP contribution in [0.1, 0.15) is 59.8 Å². The van der Waals surface area contributed by atoms with Gasteiger partial charge in [0.05, 0.1) is 12.6 Å². The molecule has 1 aliphatic rings. The van der Waals surface area contributed by atoms with Crippen LogP contribution >= 0.6 is 0 Å². The summed E-state index contributed by atoms with van der Waals surface area (Å²) >= 11 is 0. The minimum Gasteiger partial charge on any atom is -0.392 e. The van der Waals surface area contributed by atoms with Gasteiger partial charge in [0.15, 0.2) is 0 Å². The van der Waals surface area contributed by atoms with Gasteiger partial charge in [-0.3, -0.25) is 15.0 Å². The van der Waals surface area contributed by atoms with Gasteiger partial charge in [-0.05, 0) is 40.5 Å². The van der Waals surface area contributed by atoms with Gasteiger partial charge in [0.25, 0.3) is 0 Å². The van der Waals surface area contributed by atoms with Gasteiger partial charge in [-0.15, -0.1) is 0 Å². The molecule has 1 saturated carbocycles. The minimum atomic E-state index is -0.488. The zero-order valence-corrected chi connectivity index (χ0v) is 14.3. The van der Waals surface area contributed by atoms with Gasteiger partial charge in [-0.25, -0.2) is 4.79 Å². The molecule has 1 atom stereocenters. The number of nitrogens with zero attached hydrogens (tertiary/aromatic N) is 1. The molecule has 0 heterocycles. The SMILES string of the molecule is CC(O)CN(CC(=O)NC(=O)NC(C)(C)C)C1CCCCC1. The number of rotatable bonds is 5. The van der Waals surface area contributed by atoms with Crippen molar-refractivity contribution in [2.45, 2.75) is 77.5 Å². The summed E-state index contributed by atoms with van der Waals surface area (Å²) in [4.78, 5) is 25.8. The molecule has 0 aromatic rings. The van der Waals surface area contributed by atoms with Crippen LogP contribution < -0.4 is 10.6 Å². The van der Waals surface area contributed by atoms with E-state index in [9.17, 15) is 14.7 Å².